The molecule has 3 aromatic rings. The Labute approximate surface area is 223 Å². The van der Waals surface area contributed by atoms with Gasteiger partial charge in [0, 0.05) is 11.8 Å². The van der Waals surface area contributed by atoms with Gasteiger partial charge in [0.25, 0.3) is 11.8 Å². The van der Waals surface area contributed by atoms with Gasteiger partial charge >= 0.3 is 5.97 Å². The average Bonchev–Trinajstić information content (AvgIpc) is 3.20. The second-order valence-corrected chi connectivity index (χ2v) is 9.80. The van der Waals surface area contributed by atoms with Gasteiger partial charge in [-0.25, -0.2) is 4.79 Å². The number of amides is 2. The van der Waals surface area contributed by atoms with E-state index in [1.165, 1.54) is 20.4 Å². The normalized spacial score (nSPS) is 22.8. The largest absolute Gasteiger partial charge is 0.493 e. The zero-order valence-electron chi connectivity index (χ0n) is 20.6. The van der Waals surface area contributed by atoms with Crippen LogP contribution in [0.3, 0.4) is 0 Å². The van der Waals surface area contributed by atoms with Crippen molar-refractivity contribution in [1.29, 1.82) is 0 Å². The Bertz CT molecular complexity index is 1400. The minimum atomic E-state index is -0.570. The molecule has 38 heavy (non-hydrogen) atoms. The smallest absolute Gasteiger partial charge is 0.343 e. The molecule has 0 saturated carbocycles. The molecule has 1 fully saturated rings. The standard InChI is InChI=1S/C29H23ClN2O6/c1-36-21-12-15(11-20(30)27(21)38-14-22(33)37-2)13-31-32-28(34)25-23-16-7-3-4-8-17(16)24(26(25)29(32)35)19-10-6-5-9-18(19)23/h3-13,23-26H,14H2,1-2H3/b31-13-/t23?,24?,25-,26-/m1/s1. The lowest BCUT2D eigenvalue weighted by molar-refractivity contribution is -0.143. The molecule has 4 aliphatic rings. The number of carbonyl (C=O) groups is 3. The number of imide groups is 1. The fraction of sp³-hybridized carbons (Fsp3) is 0.241. The van der Waals surface area contributed by atoms with E-state index in [-0.39, 0.29) is 46.8 Å². The zero-order chi connectivity index (χ0) is 26.6. The molecule has 1 saturated heterocycles. The van der Waals surface area contributed by atoms with Crippen LogP contribution in [0.15, 0.2) is 65.8 Å². The van der Waals surface area contributed by atoms with Crippen LogP contribution < -0.4 is 9.47 Å². The summed E-state index contributed by atoms with van der Waals surface area (Å²) in [5, 5.41) is 5.48. The van der Waals surface area contributed by atoms with Gasteiger partial charge in [-0.2, -0.15) is 10.1 Å². The van der Waals surface area contributed by atoms with Gasteiger partial charge < -0.3 is 14.2 Å². The van der Waals surface area contributed by atoms with Crippen LogP contribution in [0.25, 0.3) is 0 Å². The van der Waals surface area contributed by atoms with E-state index >= 15 is 0 Å². The van der Waals surface area contributed by atoms with Gasteiger partial charge in [0.05, 0.1) is 37.3 Å². The van der Waals surface area contributed by atoms with E-state index in [2.05, 4.69) is 34.1 Å². The Morgan fingerprint density at radius 2 is 1.45 bits per heavy atom. The highest BCUT2D eigenvalue weighted by Gasteiger charge is 2.61. The predicted octanol–water partition coefficient (Wildman–Crippen LogP) is 4.13. The third-order valence-corrected chi connectivity index (χ3v) is 7.84. The molecule has 192 valence electrons. The third-order valence-electron chi connectivity index (χ3n) is 7.56. The van der Waals surface area contributed by atoms with E-state index in [0.717, 1.165) is 27.3 Å². The minimum Gasteiger partial charge on any atom is -0.493 e. The van der Waals surface area contributed by atoms with Gasteiger partial charge in [-0.05, 0) is 39.9 Å². The van der Waals surface area contributed by atoms with Crippen molar-refractivity contribution in [2.24, 2.45) is 16.9 Å². The first-order chi connectivity index (χ1) is 18.4. The summed E-state index contributed by atoms with van der Waals surface area (Å²) in [5.41, 5.74) is 4.89. The molecular weight excluding hydrogens is 508 g/mol. The Kier molecular flexibility index (Phi) is 5.91. The molecule has 2 amide bonds. The van der Waals surface area contributed by atoms with Gasteiger partial charge in [-0.3, -0.25) is 9.59 Å². The molecule has 2 bridgehead atoms. The summed E-state index contributed by atoms with van der Waals surface area (Å²) in [7, 11) is 2.69. The van der Waals surface area contributed by atoms with Gasteiger partial charge in [0.2, 0.25) is 0 Å². The lowest BCUT2D eigenvalue weighted by Crippen LogP contribution is -2.41. The van der Waals surface area contributed by atoms with Gasteiger partial charge in [0.1, 0.15) is 0 Å². The van der Waals surface area contributed by atoms with E-state index < -0.39 is 17.8 Å². The Morgan fingerprint density at radius 3 is 1.92 bits per heavy atom. The van der Waals surface area contributed by atoms with E-state index in [4.69, 9.17) is 21.1 Å². The fourth-order valence-corrected chi connectivity index (χ4v) is 6.32. The molecule has 9 heteroatoms. The molecule has 0 aromatic heterocycles. The predicted molar refractivity (Wildman–Crippen MR) is 139 cm³/mol. The number of hydrazone groups is 1. The van der Waals surface area contributed by atoms with Crippen LogP contribution in [0.5, 0.6) is 11.5 Å². The molecular formula is C29H23ClN2O6. The molecule has 3 aromatic carbocycles. The van der Waals surface area contributed by atoms with Crippen molar-refractivity contribution in [3.8, 4) is 11.5 Å². The first-order valence-electron chi connectivity index (χ1n) is 12.1. The van der Waals surface area contributed by atoms with Gasteiger partial charge in [0.15, 0.2) is 18.1 Å². The SMILES string of the molecule is COC(=O)COc1c(Cl)cc(/C=N\N2C(=O)[C@@H]3C4c5ccccc5C(c5ccccc54)[C@H]3C2=O)cc1OC. The second kappa shape index (κ2) is 9.29. The quantitative estimate of drug-likeness (QED) is 0.270. The van der Waals surface area contributed by atoms with E-state index in [0.29, 0.717) is 5.56 Å². The highest BCUT2D eigenvalue weighted by molar-refractivity contribution is 6.32. The summed E-state index contributed by atoms with van der Waals surface area (Å²) in [6, 6.07) is 19.3. The Morgan fingerprint density at radius 1 is 0.921 bits per heavy atom. The van der Waals surface area contributed by atoms with Crippen LogP contribution >= 0.6 is 11.6 Å². The molecule has 2 atom stereocenters. The second-order valence-electron chi connectivity index (χ2n) is 9.40. The monoisotopic (exact) mass is 530 g/mol. The lowest BCUT2D eigenvalue weighted by atomic mass is 9.55. The number of methoxy groups -OCH3 is 2. The van der Waals surface area contributed by atoms with Crippen molar-refractivity contribution in [3.05, 3.63) is 93.5 Å². The molecule has 0 spiro atoms. The summed E-state index contributed by atoms with van der Waals surface area (Å²) in [6.45, 7) is -0.341. The highest BCUT2D eigenvalue weighted by atomic mass is 35.5. The van der Waals surface area contributed by atoms with Crippen molar-refractivity contribution >= 4 is 35.6 Å². The maximum atomic E-state index is 13.7. The lowest BCUT2D eigenvalue weighted by Gasteiger charge is -2.45. The minimum absolute atomic E-state index is 0.170. The van der Waals surface area contributed by atoms with Gasteiger partial charge in [-0.1, -0.05) is 60.1 Å². The van der Waals surface area contributed by atoms with Crippen LogP contribution in [-0.4, -0.2) is 49.8 Å². The molecule has 1 heterocycles. The number of hydrogen-bond acceptors (Lipinski definition) is 7. The highest BCUT2D eigenvalue weighted by Crippen LogP contribution is 2.61. The number of nitrogens with zero attached hydrogens (tertiary/aromatic N) is 2. The number of ether oxygens (including phenoxy) is 3. The molecule has 1 aliphatic heterocycles. The first kappa shape index (κ1) is 24.2. The molecule has 0 N–H and O–H groups in total. The summed E-state index contributed by atoms with van der Waals surface area (Å²) >= 11 is 6.38. The topological polar surface area (TPSA) is 94.5 Å². The van der Waals surface area contributed by atoms with Crippen LogP contribution in [-0.2, 0) is 19.1 Å². The maximum Gasteiger partial charge on any atom is 0.343 e. The molecule has 7 rings (SSSR count). The van der Waals surface area contributed by atoms with Gasteiger partial charge in [-0.15, -0.1) is 0 Å². The number of hydrogen-bond donors (Lipinski definition) is 0. The summed E-state index contributed by atoms with van der Waals surface area (Å²) in [4.78, 5) is 38.8. The summed E-state index contributed by atoms with van der Waals surface area (Å²) in [5.74, 6) is -2.19. The summed E-state index contributed by atoms with van der Waals surface area (Å²) in [6.07, 6.45) is 1.40. The van der Waals surface area contributed by atoms with Crippen LogP contribution in [0, 0.1) is 11.8 Å². The Balaban J connectivity index is 1.32. The van der Waals surface area contributed by atoms with Crippen molar-refractivity contribution in [2.45, 2.75) is 11.8 Å². The van der Waals surface area contributed by atoms with E-state index in [1.807, 2.05) is 24.3 Å². The van der Waals surface area contributed by atoms with Crippen molar-refractivity contribution in [2.75, 3.05) is 20.8 Å². The van der Waals surface area contributed by atoms with E-state index in [9.17, 15) is 14.4 Å². The fourth-order valence-electron chi connectivity index (χ4n) is 6.04. The van der Waals surface area contributed by atoms with Crippen molar-refractivity contribution in [3.63, 3.8) is 0 Å². The van der Waals surface area contributed by atoms with Crippen molar-refractivity contribution in [1.82, 2.24) is 5.01 Å². The van der Waals surface area contributed by atoms with Crippen LogP contribution in [0.2, 0.25) is 5.02 Å². The van der Waals surface area contributed by atoms with E-state index in [1.54, 1.807) is 12.1 Å². The molecule has 3 aliphatic carbocycles. The average molecular weight is 531 g/mol. The summed E-state index contributed by atoms with van der Waals surface area (Å²) < 4.78 is 15.4. The first-order valence-corrected chi connectivity index (χ1v) is 12.5. The van der Waals surface area contributed by atoms with Crippen LogP contribution in [0.4, 0.5) is 0 Å². The maximum absolute atomic E-state index is 13.7. The Hall–Kier alpha value is -4.17. The van der Waals surface area contributed by atoms with Crippen LogP contribution in [0.1, 0.15) is 39.7 Å². The molecule has 0 unspecified atom stereocenters. The third kappa shape index (κ3) is 3.59. The molecule has 8 nitrogen and oxygen atoms in total. The molecule has 0 radical (unpaired) electrons. The number of rotatable bonds is 6. The number of carbonyl (C=O) groups excluding carboxylic acids is 3. The number of esters is 1. The number of halogens is 1. The van der Waals surface area contributed by atoms with Crippen molar-refractivity contribution < 1.29 is 28.6 Å². The number of benzene rings is 3. The zero-order valence-corrected chi connectivity index (χ0v) is 21.3.